The monoisotopic (exact) mass is 400 g/mol. The Kier molecular flexibility index (Phi) is 6.47. The zero-order chi connectivity index (χ0) is 21.0. The summed E-state index contributed by atoms with van der Waals surface area (Å²) in [5.41, 5.74) is 9.21. The highest BCUT2D eigenvalue weighted by Crippen LogP contribution is 2.23. The Morgan fingerprint density at radius 1 is 1.34 bits per heavy atom. The average molecular weight is 401 g/mol. The topological polar surface area (TPSA) is 82.6 Å². The Labute approximate surface area is 172 Å². The van der Waals surface area contributed by atoms with Gasteiger partial charge in [-0.1, -0.05) is 25.5 Å². The molecule has 1 atom stereocenters. The van der Waals surface area contributed by atoms with Crippen LogP contribution in [0.4, 0.5) is 10.5 Å². The van der Waals surface area contributed by atoms with Crippen LogP contribution in [0.15, 0.2) is 30.3 Å². The Balaban J connectivity index is 1.74. The lowest BCUT2D eigenvalue weighted by Crippen LogP contribution is -2.48. The molecule has 2 aromatic rings. The highest BCUT2D eigenvalue weighted by atomic mass is 16.6. The average Bonchev–Trinajstić information content (AvgIpc) is 3.03. The number of hydrogen-bond acceptors (Lipinski definition) is 5. The van der Waals surface area contributed by atoms with Crippen LogP contribution in [0, 0.1) is 0 Å². The predicted octanol–water partition coefficient (Wildman–Crippen LogP) is 3.72. The SMILES string of the molecule is CCCc1cc(-c2cccc(N)c2)nn1CC1CN(C(=O)OC(C)(C)C)CCO1. The molecule has 7 heteroatoms. The maximum atomic E-state index is 12.4. The number of hydrogen-bond donors (Lipinski definition) is 1. The van der Waals surface area contributed by atoms with E-state index in [4.69, 9.17) is 20.3 Å². The van der Waals surface area contributed by atoms with Gasteiger partial charge in [-0.3, -0.25) is 4.68 Å². The fourth-order valence-electron chi connectivity index (χ4n) is 3.42. The Bertz CT molecular complexity index is 841. The molecule has 1 aromatic carbocycles. The molecule has 1 fully saturated rings. The highest BCUT2D eigenvalue weighted by molar-refractivity contribution is 5.68. The van der Waals surface area contributed by atoms with Gasteiger partial charge < -0.3 is 20.1 Å². The molecule has 29 heavy (non-hydrogen) atoms. The first-order chi connectivity index (χ1) is 13.7. The molecule has 158 valence electrons. The van der Waals surface area contributed by atoms with Crippen molar-refractivity contribution in [3.63, 3.8) is 0 Å². The fourth-order valence-corrected chi connectivity index (χ4v) is 3.42. The Morgan fingerprint density at radius 3 is 2.83 bits per heavy atom. The molecule has 1 amide bonds. The van der Waals surface area contributed by atoms with Gasteiger partial charge in [0, 0.05) is 23.5 Å². The summed E-state index contributed by atoms with van der Waals surface area (Å²) >= 11 is 0. The van der Waals surface area contributed by atoms with E-state index in [9.17, 15) is 4.79 Å². The summed E-state index contributed by atoms with van der Waals surface area (Å²) in [6.45, 7) is 9.91. The van der Waals surface area contributed by atoms with Gasteiger partial charge in [0.1, 0.15) is 5.60 Å². The van der Waals surface area contributed by atoms with Crippen LogP contribution in [-0.4, -0.2) is 52.2 Å². The predicted molar refractivity (Wildman–Crippen MR) is 114 cm³/mol. The van der Waals surface area contributed by atoms with Crippen LogP contribution in [0.5, 0.6) is 0 Å². The number of morpholine rings is 1. The molecular weight excluding hydrogens is 368 g/mol. The van der Waals surface area contributed by atoms with Crippen molar-refractivity contribution >= 4 is 11.8 Å². The van der Waals surface area contributed by atoms with E-state index in [0.717, 1.165) is 35.5 Å². The van der Waals surface area contributed by atoms with Gasteiger partial charge in [0.15, 0.2) is 0 Å². The van der Waals surface area contributed by atoms with E-state index < -0.39 is 5.60 Å². The van der Waals surface area contributed by atoms with Crippen molar-refractivity contribution < 1.29 is 14.3 Å². The van der Waals surface area contributed by atoms with E-state index in [1.807, 2.05) is 49.7 Å². The first-order valence-corrected chi connectivity index (χ1v) is 10.3. The lowest BCUT2D eigenvalue weighted by atomic mass is 10.1. The number of nitrogen functional groups attached to an aromatic ring is 1. The number of anilines is 1. The van der Waals surface area contributed by atoms with E-state index in [-0.39, 0.29) is 12.2 Å². The van der Waals surface area contributed by atoms with E-state index in [1.165, 1.54) is 0 Å². The normalized spacial score (nSPS) is 17.4. The number of amides is 1. The number of aryl methyl sites for hydroxylation is 1. The molecule has 0 radical (unpaired) electrons. The van der Waals surface area contributed by atoms with Gasteiger partial charge in [-0.25, -0.2) is 4.79 Å². The highest BCUT2D eigenvalue weighted by Gasteiger charge is 2.29. The number of nitrogens with zero attached hydrogens (tertiary/aromatic N) is 3. The molecule has 3 rings (SSSR count). The first-order valence-electron chi connectivity index (χ1n) is 10.3. The van der Waals surface area contributed by atoms with Gasteiger partial charge in [0.05, 0.1) is 31.5 Å². The Morgan fingerprint density at radius 2 is 2.14 bits per heavy atom. The number of rotatable bonds is 5. The first kappa shape index (κ1) is 21.2. The van der Waals surface area contributed by atoms with Crippen LogP contribution in [0.3, 0.4) is 0 Å². The molecule has 1 aliphatic rings. The number of carbonyl (C=O) groups is 1. The van der Waals surface area contributed by atoms with Crippen LogP contribution in [0.25, 0.3) is 11.3 Å². The van der Waals surface area contributed by atoms with Gasteiger partial charge in [-0.2, -0.15) is 5.10 Å². The van der Waals surface area contributed by atoms with E-state index in [2.05, 4.69) is 13.0 Å². The van der Waals surface area contributed by atoms with Gasteiger partial charge in [-0.15, -0.1) is 0 Å². The standard InChI is InChI=1S/C22H32N4O3/c1-5-7-18-13-20(16-8-6-9-17(23)12-16)24-26(18)15-19-14-25(10-11-28-19)21(27)29-22(2,3)4/h6,8-9,12-13,19H,5,7,10-11,14-15,23H2,1-4H3. The molecule has 0 aliphatic carbocycles. The lowest BCUT2D eigenvalue weighted by molar-refractivity contribution is -0.0485. The largest absolute Gasteiger partial charge is 0.444 e. The maximum absolute atomic E-state index is 12.4. The molecule has 0 saturated carbocycles. The molecule has 1 aromatic heterocycles. The van der Waals surface area contributed by atoms with Crippen molar-refractivity contribution in [2.45, 2.75) is 58.8 Å². The molecule has 2 heterocycles. The van der Waals surface area contributed by atoms with Crippen LogP contribution in [-0.2, 0) is 22.4 Å². The second-order valence-corrected chi connectivity index (χ2v) is 8.50. The summed E-state index contributed by atoms with van der Waals surface area (Å²) in [6.07, 6.45) is 1.54. The van der Waals surface area contributed by atoms with E-state index in [0.29, 0.717) is 26.2 Å². The molecule has 1 aliphatic heterocycles. The van der Waals surface area contributed by atoms with Crippen LogP contribution >= 0.6 is 0 Å². The summed E-state index contributed by atoms with van der Waals surface area (Å²) in [5, 5.41) is 4.81. The minimum atomic E-state index is -0.506. The smallest absolute Gasteiger partial charge is 0.410 e. The number of carbonyl (C=O) groups excluding carboxylic acids is 1. The van der Waals surface area contributed by atoms with Crippen LogP contribution in [0.2, 0.25) is 0 Å². The van der Waals surface area contributed by atoms with Crippen molar-refractivity contribution in [2.24, 2.45) is 0 Å². The zero-order valence-corrected chi connectivity index (χ0v) is 17.9. The van der Waals surface area contributed by atoms with Crippen molar-refractivity contribution in [3.8, 4) is 11.3 Å². The third-order valence-corrected chi connectivity index (χ3v) is 4.72. The number of benzene rings is 1. The lowest BCUT2D eigenvalue weighted by Gasteiger charge is -2.34. The zero-order valence-electron chi connectivity index (χ0n) is 17.9. The molecule has 1 unspecified atom stereocenters. The van der Waals surface area contributed by atoms with Crippen molar-refractivity contribution in [1.29, 1.82) is 0 Å². The fraction of sp³-hybridized carbons (Fsp3) is 0.545. The van der Waals surface area contributed by atoms with Crippen LogP contribution < -0.4 is 5.73 Å². The number of aromatic nitrogens is 2. The summed E-state index contributed by atoms with van der Waals surface area (Å²) in [7, 11) is 0. The van der Waals surface area contributed by atoms with E-state index in [1.54, 1.807) is 4.90 Å². The number of nitrogens with two attached hydrogens (primary N) is 1. The molecule has 7 nitrogen and oxygen atoms in total. The van der Waals surface area contributed by atoms with Crippen molar-refractivity contribution in [2.75, 3.05) is 25.4 Å². The molecule has 0 bridgehead atoms. The summed E-state index contributed by atoms with van der Waals surface area (Å²) < 4.78 is 13.4. The third-order valence-electron chi connectivity index (χ3n) is 4.72. The van der Waals surface area contributed by atoms with Crippen LogP contribution in [0.1, 0.15) is 39.8 Å². The van der Waals surface area contributed by atoms with Crippen molar-refractivity contribution in [1.82, 2.24) is 14.7 Å². The van der Waals surface area contributed by atoms with Gasteiger partial charge >= 0.3 is 6.09 Å². The van der Waals surface area contributed by atoms with Gasteiger partial charge in [-0.05, 0) is 45.4 Å². The second-order valence-electron chi connectivity index (χ2n) is 8.50. The van der Waals surface area contributed by atoms with Gasteiger partial charge in [0.2, 0.25) is 0 Å². The Hall–Kier alpha value is -2.54. The van der Waals surface area contributed by atoms with E-state index >= 15 is 0 Å². The minimum Gasteiger partial charge on any atom is -0.444 e. The van der Waals surface area contributed by atoms with Crippen molar-refractivity contribution in [3.05, 3.63) is 36.0 Å². The summed E-state index contributed by atoms with van der Waals surface area (Å²) in [4.78, 5) is 14.1. The third kappa shape index (κ3) is 5.73. The quantitative estimate of drug-likeness (QED) is 0.774. The number of ether oxygens (including phenoxy) is 2. The molecular formula is C22H32N4O3. The summed E-state index contributed by atoms with van der Waals surface area (Å²) in [5.74, 6) is 0. The summed E-state index contributed by atoms with van der Waals surface area (Å²) in [6, 6.07) is 9.87. The molecule has 1 saturated heterocycles. The second kappa shape index (κ2) is 8.86. The molecule has 0 spiro atoms. The van der Waals surface area contributed by atoms with Gasteiger partial charge in [0.25, 0.3) is 0 Å². The molecule has 2 N–H and O–H groups in total. The minimum absolute atomic E-state index is 0.125. The maximum Gasteiger partial charge on any atom is 0.410 e.